The van der Waals surface area contributed by atoms with Crippen molar-refractivity contribution in [3.05, 3.63) is 326 Å². The van der Waals surface area contributed by atoms with Gasteiger partial charge < -0.3 is 21.6 Å². The van der Waals surface area contributed by atoms with Crippen molar-refractivity contribution >= 4 is 42.3 Å². The van der Waals surface area contributed by atoms with Crippen molar-refractivity contribution in [3.63, 3.8) is 0 Å². The van der Waals surface area contributed by atoms with Crippen LogP contribution >= 0.6 is 23.2 Å². The van der Waals surface area contributed by atoms with Gasteiger partial charge >= 0.3 is 145 Å². The maximum absolute atomic E-state index is 8.93. The van der Waals surface area contributed by atoms with Gasteiger partial charge in [-0.1, -0.05) is 236 Å². The molecule has 0 unspecified atom stereocenters. The third kappa shape index (κ3) is 20.1. The molecule has 9 aromatic carbocycles. The van der Waals surface area contributed by atoms with Crippen LogP contribution in [0.3, 0.4) is 0 Å². The molecule has 0 spiro atoms. The van der Waals surface area contributed by atoms with Crippen molar-refractivity contribution in [2.75, 3.05) is 0 Å². The average Bonchev–Trinajstić information content (AvgIpc) is 0.900. The molecule has 2 N–H and O–H groups in total. The Morgan fingerprint density at radius 1 is 0.316 bits per heavy atom. The van der Waals surface area contributed by atoms with Gasteiger partial charge in [-0.05, 0) is 113 Å². The second-order valence-electron chi connectivity index (χ2n) is 20.8. The molecular formula is C78H56BCl2Cs2N7O5. The predicted octanol–water partition coefficient (Wildman–Crippen LogP) is 10.7. The fraction of sp³-hybridized carbons (Fsp3) is 0. The topological polar surface area (TPSA) is 180 Å². The van der Waals surface area contributed by atoms with Crippen LogP contribution < -0.4 is 149 Å². The number of halogens is 2. The molecule has 17 heteroatoms. The first-order valence-electron chi connectivity index (χ1n) is 29.4. The summed E-state index contributed by atoms with van der Waals surface area (Å²) < 4.78 is 0. The Balaban J connectivity index is 0.000000205. The smallest absolute Gasteiger partial charge is 1.00 e. The molecule has 0 aliphatic heterocycles. The van der Waals surface area contributed by atoms with E-state index >= 15 is 0 Å². The molecule has 5 heterocycles. The number of benzene rings is 9. The number of aromatic nitrogens is 7. The zero-order valence-corrected chi connectivity index (χ0v) is 65.8. The molecule has 12 nitrogen and oxygen atoms in total. The molecule has 5 aromatic heterocycles. The van der Waals surface area contributed by atoms with E-state index in [4.69, 9.17) is 63.2 Å². The van der Waals surface area contributed by atoms with Gasteiger partial charge in [0.25, 0.3) is 6.47 Å². The third-order valence-corrected chi connectivity index (χ3v) is 15.0. The Morgan fingerprint density at radius 2 is 0.579 bits per heavy atom. The summed E-state index contributed by atoms with van der Waals surface area (Å²) in [5, 5.41) is 27.4. The minimum Gasteiger partial charge on any atom is -1.00 e. The fourth-order valence-corrected chi connectivity index (χ4v) is 10.6. The molecule has 0 radical (unpaired) electrons. The Morgan fingerprint density at radius 3 is 0.863 bits per heavy atom. The van der Waals surface area contributed by atoms with Crippen molar-refractivity contribution in [1.29, 1.82) is 0 Å². The van der Waals surface area contributed by atoms with Crippen molar-refractivity contribution in [1.82, 2.24) is 34.9 Å². The standard InChI is InChI=1S/C44H30N4.C22H14Cl2N2.C11H10BNO2.CH2O3.2Cs.H/c1-3-11-33(12-4-1)42-30-43(34-13-5-2-6-14-34)48-44(47-42)39-28-37(31-17-21-35(22-18-31)40-15-7-9-25-45-40)27-38(29-39)32-19-23-36(24-20-32)41-16-8-10-26-46-41;23-18-11-17(12-19(24)13-18)22-25-20(15-7-3-1-4-8-15)14-21(26-22)16-9-5-2-6-10-16;14-12(15)10-6-4-9(5-7-10)11-3-1-2-8-13-11;2-1-4-3;;;/h1-30H;1-14H;1-8,14-15H;1,3H;;;/q;;;;2*+1;-1/p-1. The van der Waals surface area contributed by atoms with E-state index in [0.717, 1.165) is 112 Å². The summed E-state index contributed by atoms with van der Waals surface area (Å²) in [5.74, 6) is 1.27. The first-order valence-corrected chi connectivity index (χ1v) is 30.2. The Bertz CT molecular complexity index is 4480. The van der Waals surface area contributed by atoms with E-state index in [9.17, 15) is 0 Å². The average molecular weight is 1520 g/mol. The van der Waals surface area contributed by atoms with Crippen molar-refractivity contribution < 1.29 is 164 Å². The first-order chi connectivity index (χ1) is 45.6. The van der Waals surface area contributed by atoms with Gasteiger partial charge in [-0.25, -0.2) is 19.9 Å². The molecule has 0 saturated heterocycles. The molecule has 0 aliphatic rings. The summed E-state index contributed by atoms with van der Waals surface area (Å²) in [6.45, 7) is -0.181. The summed E-state index contributed by atoms with van der Waals surface area (Å²) in [6, 6.07) is 98.5. The van der Waals surface area contributed by atoms with Crippen molar-refractivity contribution in [2.45, 2.75) is 0 Å². The van der Waals surface area contributed by atoms with E-state index in [1.54, 1.807) is 24.4 Å². The molecule has 0 fully saturated rings. The number of hydrogen-bond acceptors (Lipinski definition) is 12. The second kappa shape index (κ2) is 36.7. The minimum atomic E-state index is -1.41. The summed E-state index contributed by atoms with van der Waals surface area (Å²) in [4.78, 5) is 44.3. The number of nitrogens with zero attached hydrogens (tertiary/aromatic N) is 7. The van der Waals surface area contributed by atoms with Crippen LogP contribution in [0.15, 0.2) is 316 Å². The minimum absolute atomic E-state index is 0. The second-order valence-corrected chi connectivity index (χ2v) is 21.7. The van der Waals surface area contributed by atoms with Crippen LogP contribution in [0.2, 0.25) is 10.0 Å². The van der Waals surface area contributed by atoms with Crippen LogP contribution in [0.4, 0.5) is 0 Å². The van der Waals surface area contributed by atoms with E-state index in [-0.39, 0.29) is 146 Å². The Labute approximate surface area is 680 Å². The molecule has 0 saturated carbocycles. The van der Waals surface area contributed by atoms with Gasteiger partial charge in [0, 0.05) is 78.7 Å². The van der Waals surface area contributed by atoms with Crippen LogP contribution in [0, 0.1) is 0 Å². The van der Waals surface area contributed by atoms with Crippen LogP contribution in [-0.4, -0.2) is 58.5 Å². The largest absolute Gasteiger partial charge is 1.00 e. The quantitative estimate of drug-likeness (QED) is 0.0483. The normalized spacial score (nSPS) is 10.2. The monoisotopic (exact) mass is 1520 g/mol. The SMILES string of the molecule is Clc1cc(Cl)cc(-c2nc(-c3ccccc3)cc(-c3ccccc3)n2)c1.O=CO[O-].OB(O)c1ccc(-c2ccccn2)cc1.[Cs+].[Cs+].[H-].c1ccc(-c2cc(-c3ccccc3)nc(-c3cc(-c4ccc(-c5ccccn5)cc4)cc(-c4ccc(-c5ccccn5)cc4)c3)n2)cc1. The molecule has 0 amide bonds. The zero-order valence-electron chi connectivity index (χ0n) is 52.7. The molecule has 0 aliphatic carbocycles. The maximum atomic E-state index is 8.93. The predicted molar refractivity (Wildman–Crippen MR) is 372 cm³/mol. The summed E-state index contributed by atoms with van der Waals surface area (Å²) >= 11 is 12.3. The number of hydrogen-bond donors (Lipinski definition) is 2. The third-order valence-electron chi connectivity index (χ3n) is 14.6. The zero-order chi connectivity index (χ0) is 64.1. The molecule has 0 atom stereocenters. The number of carbonyl (C=O) groups is 1. The molecule has 0 bridgehead atoms. The van der Waals surface area contributed by atoms with Crippen LogP contribution in [-0.2, 0) is 9.68 Å². The van der Waals surface area contributed by atoms with E-state index < -0.39 is 7.12 Å². The number of rotatable bonds is 13. The van der Waals surface area contributed by atoms with Crippen molar-refractivity contribution in [3.8, 4) is 124 Å². The van der Waals surface area contributed by atoms with Gasteiger partial charge in [0.15, 0.2) is 11.6 Å². The van der Waals surface area contributed by atoms with Crippen molar-refractivity contribution in [2.24, 2.45) is 0 Å². The van der Waals surface area contributed by atoms with E-state index in [1.807, 2.05) is 194 Å². The van der Waals surface area contributed by atoms with Gasteiger partial charge in [-0.3, -0.25) is 19.7 Å². The molecule has 452 valence electrons. The molecule has 95 heavy (non-hydrogen) atoms. The van der Waals surface area contributed by atoms with E-state index in [0.29, 0.717) is 27.2 Å². The van der Waals surface area contributed by atoms with Crippen LogP contribution in [0.25, 0.3) is 124 Å². The molecule has 14 aromatic rings. The van der Waals surface area contributed by atoms with Crippen LogP contribution in [0.5, 0.6) is 0 Å². The van der Waals surface area contributed by atoms with E-state index in [2.05, 4.69) is 117 Å². The van der Waals surface area contributed by atoms with Gasteiger partial charge in [-0.15, -0.1) is 0 Å². The van der Waals surface area contributed by atoms with Crippen LogP contribution in [0.1, 0.15) is 1.43 Å². The molecular weight excluding hydrogens is 1460 g/mol. The number of pyridine rings is 3. The van der Waals surface area contributed by atoms with Gasteiger partial charge in [-0.2, -0.15) is 0 Å². The summed E-state index contributed by atoms with van der Waals surface area (Å²) in [5.41, 5.74) is 20.1. The Kier molecular flexibility index (Phi) is 27.8. The van der Waals surface area contributed by atoms with Gasteiger partial charge in [0.05, 0.1) is 39.9 Å². The van der Waals surface area contributed by atoms with E-state index in [1.165, 1.54) is 0 Å². The van der Waals surface area contributed by atoms with Gasteiger partial charge in [0.2, 0.25) is 0 Å². The molecule has 14 rings (SSSR count). The summed E-state index contributed by atoms with van der Waals surface area (Å²) in [6.07, 6.45) is 5.38. The van der Waals surface area contributed by atoms with Gasteiger partial charge in [0.1, 0.15) is 0 Å². The fourth-order valence-electron chi connectivity index (χ4n) is 10.0. The maximum Gasteiger partial charge on any atom is 1.00 e. The summed E-state index contributed by atoms with van der Waals surface area (Å²) in [7, 11) is -1.41. The number of carbonyl (C=O) groups excluding carboxylic acids is 1. The Hall–Kier alpha value is -7.31. The first kappa shape index (κ1) is 72.0.